The number of esters is 1. The van der Waals surface area contributed by atoms with Crippen LogP contribution in [0.25, 0.3) is 0 Å². The van der Waals surface area contributed by atoms with Gasteiger partial charge in [0, 0.05) is 45.8 Å². The minimum Gasteiger partial charge on any atom is -0.462 e. The van der Waals surface area contributed by atoms with E-state index >= 15 is 0 Å². The molecule has 8 aliphatic rings. The van der Waals surface area contributed by atoms with Crippen molar-refractivity contribution in [2.75, 3.05) is 20.8 Å². The van der Waals surface area contributed by atoms with Gasteiger partial charge in [-0.2, -0.15) is 0 Å². The molecule has 5 saturated heterocycles. The smallest absolute Gasteiger partial charge is 0.316 e. The molecule has 19 unspecified atom stereocenters. The zero-order chi connectivity index (χ0) is 46.4. The van der Waals surface area contributed by atoms with Gasteiger partial charge in [-0.15, -0.1) is 0 Å². The molecule has 8 rings (SSSR count). The summed E-state index contributed by atoms with van der Waals surface area (Å²) in [4.78, 5) is 14.5. The molecule has 6 fully saturated rings. The van der Waals surface area contributed by atoms with E-state index < -0.39 is 96.9 Å². The van der Waals surface area contributed by atoms with Crippen molar-refractivity contribution in [3.05, 3.63) is 59.3 Å². The Morgan fingerprint density at radius 3 is 2.31 bits per heavy atom. The largest absolute Gasteiger partial charge is 0.462 e. The maximum Gasteiger partial charge on any atom is 0.316 e. The molecule has 0 aromatic rings. The summed E-state index contributed by atoms with van der Waals surface area (Å²) in [5.74, 6) is -2.35. The number of fused-ring (bicyclic) bond motifs is 2. The van der Waals surface area contributed by atoms with Crippen LogP contribution in [0.1, 0.15) is 112 Å². The van der Waals surface area contributed by atoms with E-state index in [0.717, 1.165) is 30.4 Å². The molecular formula is C51H76O14. The van der Waals surface area contributed by atoms with Crippen LogP contribution in [0.15, 0.2) is 59.3 Å². The molecule has 364 valence electrons. The molecule has 14 nitrogen and oxygen atoms in total. The molecule has 2 bridgehead atoms. The van der Waals surface area contributed by atoms with Crippen LogP contribution >= 0.6 is 0 Å². The quantitative estimate of drug-likeness (QED) is 0.192. The lowest BCUT2D eigenvalue weighted by Gasteiger charge is -2.52. The summed E-state index contributed by atoms with van der Waals surface area (Å²) in [6.45, 7) is 16.4. The Kier molecular flexibility index (Phi) is 15.4. The van der Waals surface area contributed by atoms with Crippen molar-refractivity contribution in [2.45, 2.75) is 209 Å². The number of carbonyl (C=O) groups is 1. The highest BCUT2D eigenvalue weighted by Gasteiger charge is 2.60. The van der Waals surface area contributed by atoms with E-state index in [4.69, 9.17) is 47.4 Å². The monoisotopic (exact) mass is 913 g/mol. The van der Waals surface area contributed by atoms with Crippen LogP contribution in [-0.4, -0.2) is 139 Å². The average molecular weight is 913 g/mol. The van der Waals surface area contributed by atoms with Crippen LogP contribution in [0.3, 0.4) is 0 Å². The second kappa shape index (κ2) is 20.3. The number of rotatable bonds is 7. The van der Waals surface area contributed by atoms with Gasteiger partial charge in [0.15, 0.2) is 18.4 Å². The van der Waals surface area contributed by atoms with E-state index in [9.17, 15) is 20.1 Å². The van der Waals surface area contributed by atoms with E-state index in [0.29, 0.717) is 49.2 Å². The first-order valence-corrected chi connectivity index (χ1v) is 24.4. The second-order valence-electron chi connectivity index (χ2n) is 20.5. The highest BCUT2D eigenvalue weighted by Crippen LogP contribution is 2.50. The Morgan fingerprint density at radius 1 is 0.862 bits per heavy atom. The third-order valence-corrected chi connectivity index (χ3v) is 15.9. The molecule has 0 radical (unpaired) electrons. The lowest BCUT2D eigenvalue weighted by atomic mass is 9.71. The average Bonchev–Trinajstić information content (AvgIpc) is 3.62. The number of ether oxygens (including phenoxy) is 10. The lowest BCUT2D eigenvalue weighted by molar-refractivity contribution is -0.318. The zero-order valence-electron chi connectivity index (χ0n) is 39.8. The molecule has 1 spiro atoms. The molecule has 19 atom stereocenters. The standard InChI is InChI=1S/C51H76O14/c1-27-14-13-17-35-26-58-48-43(52)29(3)21-38(51(35,48)55)49(54)61-37-22-36(64-50(25-37)31(5)20-30(4)46(65-50)34-15-11-10-12-16-34)19-18-28(2)45(27)62-42-24-40(57-9)47(33(7)60-42)63-41-23-39(56-8)44(53)32(6)59-41/h13-14,17-18,21,27,30,32-34,36-48,52-53,55H,5,10-12,15-16,19-20,22-26H2,1-4,6-9H3. The van der Waals surface area contributed by atoms with Crippen LogP contribution in [-0.2, 0) is 52.2 Å². The summed E-state index contributed by atoms with van der Waals surface area (Å²) >= 11 is 0. The van der Waals surface area contributed by atoms with Gasteiger partial charge in [-0.25, -0.2) is 0 Å². The molecule has 0 aromatic heterocycles. The van der Waals surface area contributed by atoms with E-state index in [1.165, 1.54) is 19.3 Å². The van der Waals surface area contributed by atoms with Crippen LogP contribution in [0.4, 0.5) is 0 Å². The third kappa shape index (κ3) is 9.94. The molecular weight excluding hydrogens is 837 g/mol. The summed E-state index contributed by atoms with van der Waals surface area (Å²) in [5.41, 5.74) is 0.990. The van der Waals surface area contributed by atoms with Gasteiger partial charge in [0.05, 0.1) is 49.3 Å². The number of methoxy groups -OCH3 is 2. The molecule has 0 aromatic carbocycles. The van der Waals surface area contributed by atoms with Crippen LogP contribution in [0, 0.1) is 23.7 Å². The maximum atomic E-state index is 14.5. The van der Waals surface area contributed by atoms with Crippen molar-refractivity contribution in [3.63, 3.8) is 0 Å². The number of hydrogen-bond donors (Lipinski definition) is 3. The normalized spacial score (nSPS) is 46.8. The van der Waals surface area contributed by atoms with Gasteiger partial charge >= 0.3 is 5.97 Å². The zero-order valence-corrected chi connectivity index (χ0v) is 39.8. The Balaban J connectivity index is 1.09. The van der Waals surface area contributed by atoms with Crippen LogP contribution in [0.5, 0.6) is 0 Å². The molecule has 3 N–H and O–H groups in total. The molecule has 6 aliphatic heterocycles. The minimum atomic E-state index is -1.84. The Morgan fingerprint density at radius 2 is 1.57 bits per heavy atom. The summed E-state index contributed by atoms with van der Waals surface area (Å²) in [5, 5.41) is 34.4. The van der Waals surface area contributed by atoms with Gasteiger partial charge in [0.2, 0.25) is 0 Å². The van der Waals surface area contributed by atoms with Crippen LogP contribution in [0.2, 0.25) is 0 Å². The van der Waals surface area contributed by atoms with Crippen molar-refractivity contribution in [2.24, 2.45) is 23.7 Å². The second-order valence-corrected chi connectivity index (χ2v) is 20.5. The lowest BCUT2D eigenvalue weighted by Crippen LogP contribution is -2.59. The predicted molar refractivity (Wildman–Crippen MR) is 239 cm³/mol. The molecule has 2 aliphatic carbocycles. The van der Waals surface area contributed by atoms with E-state index in [-0.39, 0.29) is 30.7 Å². The number of aliphatic hydroxyl groups is 3. The molecule has 1 saturated carbocycles. The molecule has 6 heterocycles. The van der Waals surface area contributed by atoms with E-state index in [2.05, 4.69) is 33.4 Å². The first kappa shape index (κ1) is 49.1. The molecule has 65 heavy (non-hydrogen) atoms. The van der Waals surface area contributed by atoms with Crippen molar-refractivity contribution in [1.82, 2.24) is 0 Å². The summed E-state index contributed by atoms with van der Waals surface area (Å²) in [7, 11) is 3.23. The fourth-order valence-electron chi connectivity index (χ4n) is 12.1. The number of allylic oxidation sites excluding steroid dienone is 2. The number of aliphatic hydroxyl groups excluding tert-OH is 2. The van der Waals surface area contributed by atoms with Crippen molar-refractivity contribution >= 4 is 5.97 Å². The first-order valence-electron chi connectivity index (χ1n) is 24.4. The topological polar surface area (TPSA) is 170 Å². The van der Waals surface area contributed by atoms with Crippen molar-refractivity contribution < 1.29 is 67.5 Å². The first-order chi connectivity index (χ1) is 31.0. The van der Waals surface area contributed by atoms with Crippen molar-refractivity contribution in [1.29, 1.82) is 0 Å². The van der Waals surface area contributed by atoms with Gasteiger partial charge in [-0.05, 0) is 87.5 Å². The minimum absolute atomic E-state index is 0.0144. The SMILES string of the molecule is C=C1CC(C)C(C2CCCCC2)OC12CC1CC(CC=C(C)C(OC3CC(OC)C(OC4CC(OC)C(O)C(C)O4)C(C)O3)C(C)C=CC=C3COC4C(O)C(C)=CC(C(=O)O1)C34O)O2. The molecule has 0 amide bonds. The highest BCUT2D eigenvalue weighted by atomic mass is 16.7. The van der Waals surface area contributed by atoms with Gasteiger partial charge in [-0.1, -0.05) is 70.1 Å². The van der Waals surface area contributed by atoms with E-state index in [1.54, 1.807) is 40.2 Å². The predicted octanol–water partition coefficient (Wildman–Crippen LogP) is 6.30. The summed E-state index contributed by atoms with van der Waals surface area (Å²) in [6.07, 6.45) is 10.2. The Labute approximate surface area is 385 Å². The number of hydrogen-bond acceptors (Lipinski definition) is 14. The highest BCUT2D eigenvalue weighted by molar-refractivity contribution is 5.78. The summed E-state index contributed by atoms with van der Waals surface area (Å²) in [6, 6.07) is 0. The fourth-order valence-corrected chi connectivity index (χ4v) is 12.1. The van der Waals surface area contributed by atoms with Gasteiger partial charge in [0.25, 0.3) is 0 Å². The van der Waals surface area contributed by atoms with Gasteiger partial charge in [0.1, 0.15) is 42.0 Å². The van der Waals surface area contributed by atoms with Crippen molar-refractivity contribution in [3.8, 4) is 0 Å². The third-order valence-electron chi connectivity index (χ3n) is 15.9. The van der Waals surface area contributed by atoms with Crippen LogP contribution < -0.4 is 0 Å². The summed E-state index contributed by atoms with van der Waals surface area (Å²) < 4.78 is 64.4. The van der Waals surface area contributed by atoms with Gasteiger partial charge < -0.3 is 62.7 Å². The fraction of sp³-hybridized carbons (Fsp3) is 0.784. The Hall–Kier alpha value is -2.31. The Bertz CT molecular complexity index is 1820. The maximum absolute atomic E-state index is 14.5. The van der Waals surface area contributed by atoms with E-state index in [1.807, 2.05) is 19.1 Å². The number of carbonyl (C=O) groups excluding carboxylic acids is 1. The molecule has 14 heteroatoms. The van der Waals surface area contributed by atoms with Gasteiger partial charge in [-0.3, -0.25) is 4.79 Å².